The SMILES string of the molecule is CC(C)c1noc(Cn2cc(CCCO)c(C(F)(F)F)n2)n1. The highest BCUT2D eigenvalue weighted by molar-refractivity contribution is 5.20. The largest absolute Gasteiger partial charge is 0.435 e. The first-order chi connectivity index (χ1) is 10.3. The van der Waals surface area contributed by atoms with Gasteiger partial charge in [0, 0.05) is 24.3 Å². The maximum Gasteiger partial charge on any atom is 0.435 e. The van der Waals surface area contributed by atoms with Gasteiger partial charge < -0.3 is 9.63 Å². The smallest absolute Gasteiger partial charge is 0.396 e. The van der Waals surface area contributed by atoms with Gasteiger partial charge in [-0.3, -0.25) is 4.68 Å². The fourth-order valence-corrected chi connectivity index (χ4v) is 1.94. The molecule has 0 amide bonds. The van der Waals surface area contributed by atoms with Gasteiger partial charge in [-0.05, 0) is 12.8 Å². The van der Waals surface area contributed by atoms with Gasteiger partial charge in [-0.25, -0.2) is 0 Å². The lowest BCUT2D eigenvalue weighted by Gasteiger charge is -2.04. The zero-order valence-corrected chi connectivity index (χ0v) is 12.3. The second-order valence-electron chi connectivity index (χ2n) is 5.23. The van der Waals surface area contributed by atoms with E-state index in [1.165, 1.54) is 6.20 Å². The van der Waals surface area contributed by atoms with Crippen molar-refractivity contribution in [3.05, 3.63) is 29.2 Å². The number of aliphatic hydroxyl groups excluding tert-OH is 1. The Morgan fingerprint density at radius 1 is 1.36 bits per heavy atom. The molecule has 2 rings (SSSR count). The topological polar surface area (TPSA) is 77.0 Å². The van der Waals surface area contributed by atoms with E-state index >= 15 is 0 Å². The van der Waals surface area contributed by atoms with Crippen LogP contribution in [0.4, 0.5) is 13.2 Å². The van der Waals surface area contributed by atoms with E-state index in [-0.39, 0.29) is 43.4 Å². The van der Waals surface area contributed by atoms with Crippen LogP contribution in [0.3, 0.4) is 0 Å². The first-order valence-electron chi connectivity index (χ1n) is 6.88. The third-order valence-corrected chi connectivity index (χ3v) is 3.01. The summed E-state index contributed by atoms with van der Waals surface area (Å²) in [6.07, 6.45) is -2.88. The van der Waals surface area contributed by atoms with Crippen LogP contribution < -0.4 is 0 Å². The molecule has 0 aliphatic heterocycles. The van der Waals surface area contributed by atoms with E-state index in [2.05, 4.69) is 15.2 Å². The summed E-state index contributed by atoms with van der Waals surface area (Å²) in [5, 5.41) is 16.1. The van der Waals surface area contributed by atoms with Crippen molar-refractivity contribution in [2.45, 2.75) is 45.3 Å². The molecule has 0 spiro atoms. The van der Waals surface area contributed by atoms with E-state index < -0.39 is 11.9 Å². The summed E-state index contributed by atoms with van der Waals surface area (Å²) >= 11 is 0. The summed E-state index contributed by atoms with van der Waals surface area (Å²) in [5.41, 5.74) is -0.894. The van der Waals surface area contributed by atoms with Gasteiger partial charge in [0.05, 0.1) is 0 Å². The highest BCUT2D eigenvalue weighted by atomic mass is 19.4. The lowest BCUT2D eigenvalue weighted by Crippen LogP contribution is -2.10. The van der Waals surface area contributed by atoms with Gasteiger partial charge in [-0.2, -0.15) is 23.3 Å². The predicted molar refractivity (Wildman–Crippen MR) is 70.1 cm³/mol. The van der Waals surface area contributed by atoms with Gasteiger partial charge >= 0.3 is 6.18 Å². The molecule has 0 bridgehead atoms. The minimum atomic E-state index is -4.53. The van der Waals surface area contributed by atoms with Crippen molar-refractivity contribution in [2.24, 2.45) is 0 Å². The van der Waals surface area contributed by atoms with E-state index in [0.29, 0.717) is 5.82 Å². The summed E-state index contributed by atoms with van der Waals surface area (Å²) in [7, 11) is 0. The normalized spacial score (nSPS) is 12.3. The van der Waals surface area contributed by atoms with Crippen molar-refractivity contribution in [1.82, 2.24) is 19.9 Å². The molecule has 0 unspecified atom stereocenters. The maximum atomic E-state index is 12.9. The molecule has 0 radical (unpaired) electrons. The Bertz CT molecular complexity index is 619. The number of alkyl halides is 3. The Morgan fingerprint density at radius 2 is 2.09 bits per heavy atom. The van der Waals surface area contributed by atoms with Crippen LogP contribution in [0.15, 0.2) is 10.7 Å². The molecule has 6 nitrogen and oxygen atoms in total. The van der Waals surface area contributed by atoms with Crippen LogP contribution >= 0.6 is 0 Å². The molecule has 2 heterocycles. The minimum Gasteiger partial charge on any atom is -0.396 e. The highest BCUT2D eigenvalue weighted by Crippen LogP contribution is 2.31. The van der Waals surface area contributed by atoms with E-state index in [9.17, 15) is 13.2 Å². The number of nitrogens with zero attached hydrogens (tertiary/aromatic N) is 4. The number of halogens is 3. The number of rotatable bonds is 6. The van der Waals surface area contributed by atoms with Crippen LogP contribution in [0.2, 0.25) is 0 Å². The number of aliphatic hydroxyl groups is 1. The summed E-state index contributed by atoms with van der Waals surface area (Å²) in [5.74, 6) is 0.772. The van der Waals surface area contributed by atoms with E-state index in [4.69, 9.17) is 9.63 Å². The first kappa shape index (κ1) is 16.5. The molecule has 2 aromatic heterocycles. The van der Waals surface area contributed by atoms with Crippen molar-refractivity contribution in [1.29, 1.82) is 0 Å². The molecule has 22 heavy (non-hydrogen) atoms. The molecule has 0 aliphatic carbocycles. The lowest BCUT2D eigenvalue weighted by molar-refractivity contribution is -0.142. The predicted octanol–water partition coefficient (Wildman–Crippen LogP) is 2.38. The van der Waals surface area contributed by atoms with Crippen molar-refractivity contribution in [3.63, 3.8) is 0 Å². The Morgan fingerprint density at radius 3 is 2.64 bits per heavy atom. The monoisotopic (exact) mass is 318 g/mol. The molecule has 0 fully saturated rings. The van der Waals surface area contributed by atoms with Crippen LogP contribution in [0, 0.1) is 0 Å². The molecule has 0 saturated carbocycles. The van der Waals surface area contributed by atoms with Gasteiger partial charge in [0.15, 0.2) is 11.5 Å². The zero-order chi connectivity index (χ0) is 16.3. The molecular weight excluding hydrogens is 301 g/mol. The van der Waals surface area contributed by atoms with Gasteiger partial charge in [-0.15, -0.1) is 0 Å². The van der Waals surface area contributed by atoms with E-state index in [1.54, 1.807) is 0 Å². The van der Waals surface area contributed by atoms with Gasteiger partial charge in [0.2, 0.25) is 5.89 Å². The number of hydrogen-bond donors (Lipinski definition) is 1. The van der Waals surface area contributed by atoms with Crippen molar-refractivity contribution >= 4 is 0 Å². The molecule has 0 saturated heterocycles. The summed E-state index contributed by atoms with van der Waals surface area (Å²) in [6.45, 7) is 3.57. The molecule has 1 N–H and O–H groups in total. The third kappa shape index (κ3) is 3.85. The van der Waals surface area contributed by atoms with Crippen LogP contribution in [-0.2, 0) is 19.1 Å². The molecule has 2 aromatic rings. The minimum absolute atomic E-state index is 0.0259. The van der Waals surface area contributed by atoms with Gasteiger partial charge in [0.25, 0.3) is 0 Å². The number of aryl methyl sites for hydroxylation is 1. The maximum absolute atomic E-state index is 12.9. The zero-order valence-electron chi connectivity index (χ0n) is 12.3. The lowest BCUT2D eigenvalue weighted by atomic mass is 10.1. The first-order valence-corrected chi connectivity index (χ1v) is 6.88. The molecular formula is C13H17F3N4O2. The van der Waals surface area contributed by atoms with E-state index in [0.717, 1.165) is 4.68 Å². The molecule has 0 aliphatic rings. The average molecular weight is 318 g/mol. The van der Waals surface area contributed by atoms with Crippen LogP contribution in [0.5, 0.6) is 0 Å². The van der Waals surface area contributed by atoms with Crippen molar-refractivity contribution in [2.75, 3.05) is 6.61 Å². The van der Waals surface area contributed by atoms with Crippen LogP contribution in [0.1, 0.15) is 49.2 Å². The number of hydrogen-bond acceptors (Lipinski definition) is 5. The summed E-state index contributed by atoms with van der Waals surface area (Å²) in [4.78, 5) is 4.11. The molecule has 0 atom stereocenters. The Hall–Kier alpha value is -1.90. The second-order valence-corrected chi connectivity index (χ2v) is 5.23. The quantitative estimate of drug-likeness (QED) is 0.885. The van der Waals surface area contributed by atoms with E-state index in [1.807, 2.05) is 13.8 Å². The molecule has 122 valence electrons. The molecule has 0 aromatic carbocycles. The Labute approximate surface area is 124 Å². The van der Waals surface area contributed by atoms with Crippen molar-refractivity contribution < 1.29 is 22.8 Å². The Kier molecular flexibility index (Phi) is 4.84. The van der Waals surface area contributed by atoms with Crippen molar-refractivity contribution in [3.8, 4) is 0 Å². The fourth-order valence-electron chi connectivity index (χ4n) is 1.94. The fraction of sp³-hybridized carbons (Fsp3) is 0.615. The summed E-state index contributed by atoms with van der Waals surface area (Å²) < 4.78 is 45.0. The highest BCUT2D eigenvalue weighted by Gasteiger charge is 2.37. The van der Waals surface area contributed by atoms with Crippen LogP contribution in [-0.4, -0.2) is 31.6 Å². The second kappa shape index (κ2) is 6.47. The third-order valence-electron chi connectivity index (χ3n) is 3.01. The average Bonchev–Trinajstić information content (AvgIpc) is 3.03. The van der Waals surface area contributed by atoms with Gasteiger partial charge in [0.1, 0.15) is 6.54 Å². The Balaban J connectivity index is 2.21. The summed E-state index contributed by atoms with van der Waals surface area (Å²) in [6, 6.07) is 0. The van der Waals surface area contributed by atoms with Gasteiger partial charge in [-0.1, -0.05) is 19.0 Å². The number of aromatic nitrogens is 4. The standard InChI is InChI=1S/C13H17F3N4O2/c1-8(2)12-17-10(22-19-12)7-20-6-9(4-3-5-21)11(18-20)13(14,15)16/h6,8,21H,3-5,7H2,1-2H3. The van der Waals surface area contributed by atoms with Crippen LogP contribution in [0.25, 0.3) is 0 Å². The molecule has 9 heteroatoms.